The van der Waals surface area contributed by atoms with Crippen molar-refractivity contribution in [2.24, 2.45) is 5.41 Å². The van der Waals surface area contributed by atoms with Crippen LogP contribution in [-0.4, -0.2) is 30.9 Å². The van der Waals surface area contributed by atoms with Gasteiger partial charge in [0.05, 0.1) is 0 Å². The molecule has 0 radical (unpaired) electrons. The number of benzene rings is 1. The molecule has 19 heavy (non-hydrogen) atoms. The molecule has 0 aliphatic rings. The normalized spacial score (nSPS) is 13.3. The van der Waals surface area contributed by atoms with Gasteiger partial charge < -0.3 is 15.2 Å². The van der Waals surface area contributed by atoms with Gasteiger partial charge >= 0.3 is 0 Å². The van der Waals surface area contributed by atoms with Gasteiger partial charge in [-0.25, -0.2) is 0 Å². The van der Waals surface area contributed by atoms with Gasteiger partial charge in [0, 0.05) is 23.7 Å². The molecule has 0 fully saturated rings. The standard InChI is InChI=1S/C15H24BrNO2/c1-15(2,3)14(8-10-18)17-9-11-19-13-6-4-12(16)5-7-13/h4-7,14,17-18H,8-11H2,1-3H3. The first-order valence-electron chi connectivity index (χ1n) is 6.66. The zero-order chi connectivity index (χ0) is 14.3. The van der Waals surface area contributed by atoms with E-state index < -0.39 is 0 Å². The first-order chi connectivity index (χ1) is 8.93. The fourth-order valence-electron chi connectivity index (χ4n) is 1.90. The Balaban J connectivity index is 2.30. The molecular formula is C15H24BrNO2. The van der Waals surface area contributed by atoms with E-state index >= 15 is 0 Å². The Bertz CT molecular complexity index is 359. The molecule has 0 saturated carbocycles. The predicted molar refractivity (Wildman–Crippen MR) is 82.6 cm³/mol. The lowest BCUT2D eigenvalue weighted by Gasteiger charge is -2.31. The van der Waals surface area contributed by atoms with Gasteiger partial charge in [-0.05, 0) is 36.1 Å². The van der Waals surface area contributed by atoms with E-state index in [2.05, 4.69) is 42.0 Å². The second-order valence-electron chi connectivity index (χ2n) is 5.69. The minimum atomic E-state index is 0.139. The SMILES string of the molecule is CC(C)(C)C(CCO)NCCOc1ccc(Br)cc1. The van der Waals surface area contributed by atoms with E-state index in [0.717, 1.165) is 23.2 Å². The third-order valence-corrected chi connectivity index (χ3v) is 3.57. The lowest BCUT2D eigenvalue weighted by molar-refractivity contribution is 0.189. The highest BCUT2D eigenvalue weighted by molar-refractivity contribution is 9.10. The molecule has 1 aromatic carbocycles. The largest absolute Gasteiger partial charge is 0.492 e. The van der Waals surface area contributed by atoms with Crippen LogP contribution in [0, 0.1) is 5.41 Å². The van der Waals surface area contributed by atoms with E-state index in [1.54, 1.807) is 0 Å². The fourth-order valence-corrected chi connectivity index (χ4v) is 2.17. The van der Waals surface area contributed by atoms with Gasteiger partial charge in [0.15, 0.2) is 0 Å². The smallest absolute Gasteiger partial charge is 0.119 e. The monoisotopic (exact) mass is 329 g/mol. The summed E-state index contributed by atoms with van der Waals surface area (Å²) in [4.78, 5) is 0. The van der Waals surface area contributed by atoms with Crippen molar-refractivity contribution in [2.75, 3.05) is 19.8 Å². The zero-order valence-electron chi connectivity index (χ0n) is 11.9. The summed E-state index contributed by atoms with van der Waals surface area (Å²) >= 11 is 3.39. The maximum absolute atomic E-state index is 9.08. The summed E-state index contributed by atoms with van der Waals surface area (Å²) in [7, 11) is 0. The summed E-state index contributed by atoms with van der Waals surface area (Å²) in [5.74, 6) is 0.875. The molecular weight excluding hydrogens is 306 g/mol. The number of aliphatic hydroxyl groups excluding tert-OH is 1. The van der Waals surface area contributed by atoms with Crippen LogP contribution in [0.1, 0.15) is 27.2 Å². The van der Waals surface area contributed by atoms with Crippen LogP contribution >= 0.6 is 15.9 Å². The first-order valence-corrected chi connectivity index (χ1v) is 7.45. The summed E-state index contributed by atoms with van der Waals surface area (Å²) in [5.41, 5.74) is 0.139. The van der Waals surface area contributed by atoms with Crippen molar-refractivity contribution in [3.8, 4) is 5.75 Å². The molecule has 0 amide bonds. The number of nitrogens with one attached hydrogen (secondary N) is 1. The number of halogens is 1. The highest BCUT2D eigenvalue weighted by Crippen LogP contribution is 2.21. The van der Waals surface area contributed by atoms with E-state index in [9.17, 15) is 0 Å². The van der Waals surface area contributed by atoms with E-state index in [0.29, 0.717) is 12.6 Å². The van der Waals surface area contributed by atoms with Gasteiger partial charge in [-0.1, -0.05) is 36.7 Å². The zero-order valence-corrected chi connectivity index (χ0v) is 13.5. The van der Waals surface area contributed by atoms with Crippen LogP contribution in [0.5, 0.6) is 5.75 Å². The lowest BCUT2D eigenvalue weighted by Crippen LogP contribution is -2.42. The molecule has 1 unspecified atom stereocenters. The van der Waals surface area contributed by atoms with Crippen molar-refractivity contribution in [1.29, 1.82) is 0 Å². The van der Waals surface area contributed by atoms with Crippen LogP contribution in [0.15, 0.2) is 28.7 Å². The van der Waals surface area contributed by atoms with Gasteiger partial charge in [0.1, 0.15) is 12.4 Å². The van der Waals surface area contributed by atoms with Crippen LogP contribution in [0.4, 0.5) is 0 Å². The van der Waals surface area contributed by atoms with Crippen molar-refractivity contribution < 1.29 is 9.84 Å². The minimum Gasteiger partial charge on any atom is -0.492 e. The average Bonchev–Trinajstić information content (AvgIpc) is 2.34. The first kappa shape index (κ1) is 16.5. The van der Waals surface area contributed by atoms with Gasteiger partial charge in [-0.15, -0.1) is 0 Å². The Morgan fingerprint density at radius 1 is 1.26 bits per heavy atom. The maximum atomic E-state index is 9.08. The number of aliphatic hydroxyl groups is 1. The van der Waals surface area contributed by atoms with Crippen molar-refractivity contribution in [3.05, 3.63) is 28.7 Å². The van der Waals surface area contributed by atoms with Crippen LogP contribution in [-0.2, 0) is 0 Å². The summed E-state index contributed by atoms with van der Waals surface area (Å²) in [6.45, 7) is 8.14. The molecule has 0 aliphatic heterocycles. The van der Waals surface area contributed by atoms with Gasteiger partial charge in [-0.2, -0.15) is 0 Å². The summed E-state index contributed by atoms with van der Waals surface area (Å²) in [6.07, 6.45) is 0.766. The second kappa shape index (κ2) is 7.88. The summed E-state index contributed by atoms with van der Waals surface area (Å²) in [6, 6.07) is 8.11. The van der Waals surface area contributed by atoms with Crippen LogP contribution in [0.25, 0.3) is 0 Å². The highest BCUT2D eigenvalue weighted by atomic mass is 79.9. The quantitative estimate of drug-likeness (QED) is 0.755. The fraction of sp³-hybridized carbons (Fsp3) is 0.600. The molecule has 0 aliphatic carbocycles. The third-order valence-electron chi connectivity index (χ3n) is 3.04. The highest BCUT2D eigenvalue weighted by Gasteiger charge is 2.23. The van der Waals surface area contributed by atoms with E-state index in [1.807, 2.05) is 24.3 Å². The van der Waals surface area contributed by atoms with Crippen molar-refractivity contribution in [1.82, 2.24) is 5.32 Å². The Morgan fingerprint density at radius 2 is 1.89 bits per heavy atom. The number of hydrogen-bond acceptors (Lipinski definition) is 3. The molecule has 0 saturated heterocycles. The summed E-state index contributed by atoms with van der Waals surface area (Å²) < 4.78 is 6.71. The van der Waals surface area contributed by atoms with Gasteiger partial charge in [0.25, 0.3) is 0 Å². The second-order valence-corrected chi connectivity index (χ2v) is 6.60. The molecule has 1 aromatic rings. The molecule has 0 spiro atoms. The lowest BCUT2D eigenvalue weighted by atomic mass is 9.85. The Labute approximate surface area is 124 Å². The molecule has 1 atom stereocenters. The van der Waals surface area contributed by atoms with Crippen LogP contribution in [0.3, 0.4) is 0 Å². The molecule has 4 heteroatoms. The topological polar surface area (TPSA) is 41.5 Å². The predicted octanol–water partition coefficient (Wildman–Crippen LogP) is 3.21. The van der Waals surface area contributed by atoms with Crippen molar-refractivity contribution in [2.45, 2.75) is 33.2 Å². The van der Waals surface area contributed by atoms with E-state index in [-0.39, 0.29) is 12.0 Å². The molecule has 0 aromatic heterocycles. The van der Waals surface area contributed by atoms with E-state index in [1.165, 1.54) is 0 Å². The Hall–Kier alpha value is -0.580. The average molecular weight is 330 g/mol. The van der Waals surface area contributed by atoms with Gasteiger partial charge in [0.2, 0.25) is 0 Å². The van der Waals surface area contributed by atoms with E-state index in [4.69, 9.17) is 9.84 Å². The van der Waals surface area contributed by atoms with Crippen LogP contribution < -0.4 is 10.1 Å². The van der Waals surface area contributed by atoms with Crippen molar-refractivity contribution >= 4 is 15.9 Å². The molecule has 0 heterocycles. The van der Waals surface area contributed by atoms with Gasteiger partial charge in [-0.3, -0.25) is 0 Å². The molecule has 2 N–H and O–H groups in total. The van der Waals surface area contributed by atoms with Crippen LogP contribution in [0.2, 0.25) is 0 Å². The minimum absolute atomic E-state index is 0.139. The molecule has 3 nitrogen and oxygen atoms in total. The Kier molecular flexibility index (Phi) is 6.83. The molecule has 1 rings (SSSR count). The molecule has 0 bridgehead atoms. The number of hydrogen-bond donors (Lipinski definition) is 2. The molecule has 108 valence electrons. The number of ether oxygens (including phenoxy) is 1. The van der Waals surface area contributed by atoms with Crippen molar-refractivity contribution in [3.63, 3.8) is 0 Å². The third kappa shape index (κ3) is 6.41. The Morgan fingerprint density at radius 3 is 2.42 bits per heavy atom. The summed E-state index contributed by atoms with van der Waals surface area (Å²) in [5, 5.41) is 12.5. The number of rotatable bonds is 7. The maximum Gasteiger partial charge on any atom is 0.119 e.